The maximum atomic E-state index is 12.4. The fourth-order valence-corrected chi connectivity index (χ4v) is 3.98. The van der Waals surface area contributed by atoms with Gasteiger partial charge in [-0.15, -0.1) is 0 Å². The van der Waals surface area contributed by atoms with Crippen LogP contribution >= 0.6 is 0 Å². The predicted octanol–water partition coefficient (Wildman–Crippen LogP) is 3.24. The SMILES string of the molecule is COc1ccccc1OCCNC(=O)CN(c1ccc(OCc2ccccc2)cc1)S(C)(=O)=O. The van der Waals surface area contributed by atoms with Crippen LogP contribution in [0.15, 0.2) is 78.9 Å². The van der Waals surface area contributed by atoms with Crippen LogP contribution in [0.1, 0.15) is 5.56 Å². The Labute approximate surface area is 200 Å². The molecule has 0 fully saturated rings. The van der Waals surface area contributed by atoms with Gasteiger partial charge in [-0.3, -0.25) is 9.10 Å². The summed E-state index contributed by atoms with van der Waals surface area (Å²) in [6.07, 6.45) is 1.06. The van der Waals surface area contributed by atoms with Crippen molar-refractivity contribution in [2.24, 2.45) is 0 Å². The number of ether oxygens (including phenoxy) is 3. The molecule has 0 radical (unpaired) electrons. The van der Waals surface area contributed by atoms with Gasteiger partial charge in [0.1, 0.15) is 25.5 Å². The molecule has 0 aliphatic rings. The molecule has 1 N–H and O–H groups in total. The number of para-hydroxylation sites is 2. The minimum atomic E-state index is -3.68. The number of anilines is 1. The van der Waals surface area contributed by atoms with Crippen LogP contribution in [0.3, 0.4) is 0 Å². The number of rotatable bonds is 12. The summed E-state index contributed by atoms with van der Waals surface area (Å²) >= 11 is 0. The average molecular weight is 485 g/mol. The number of nitrogens with one attached hydrogen (secondary N) is 1. The van der Waals surface area contributed by atoms with Crippen molar-refractivity contribution < 1.29 is 27.4 Å². The molecule has 0 aliphatic carbocycles. The monoisotopic (exact) mass is 484 g/mol. The zero-order chi connectivity index (χ0) is 24.4. The molecule has 1 amide bonds. The predicted molar refractivity (Wildman–Crippen MR) is 131 cm³/mol. The molecule has 9 heteroatoms. The average Bonchev–Trinajstić information content (AvgIpc) is 2.84. The van der Waals surface area contributed by atoms with E-state index in [1.165, 1.54) is 0 Å². The summed E-state index contributed by atoms with van der Waals surface area (Å²) in [4.78, 5) is 12.4. The summed E-state index contributed by atoms with van der Waals surface area (Å²) in [5.41, 5.74) is 1.39. The van der Waals surface area contributed by atoms with Crippen molar-refractivity contribution in [1.82, 2.24) is 5.32 Å². The number of hydrogen-bond acceptors (Lipinski definition) is 6. The van der Waals surface area contributed by atoms with Gasteiger partial charge in [0.25, 0.3) is 0 Å². The maximum absolute atomic E-state index is 12.4. The quantitative estimate of drug-likeness (QED) is 0.397. The fourth-order valence-electron chi connectivity index (χ4n) is 3.13. The Bertz CT molecular complexity index is 1170. The van der Waals surface area contributed by atoms with E-state index < -0.39 is 15.9 Å². The fraction of sp³-hybridized carbons (Fsp3) is 0.240. The Hall–Kier alpha value is -3.72. The van der Waals surface area contributed by atoms with Gasteiger partial charge < -0.3 is 19.5 Å². The van der Waals surface area contributed by atoms with Crippen LogP contribution < -0.4 is 23.8 Å². The largest absolute Gasteiger partial charge is 0.493 e. The molecular formula is C25H28N2O6S. The first kappa shape index (κ1) is 24.9. The summed E-state index contributed by atoms with van der Waals surface area (Å²) in [5.74, 6) is 1.30. The Kier molecular flexibility index (Phi) is 8.75. The Morgan fingerprint density at radius 1 is 0.882 bits per heavy atom. The standard InChI is InChI=1S/C25H28N2O6S/c1-31-23-10-6-7-11-24(23)32-17-16-26-25(28)18-27(34(2,29)30)21-12-14-22(15-13-21)33-19-20-8-4-3-5-9-20/h3-15H,16-19H2,1-2H3,(H,26,28). The summed E-state index contributed by atoms with van der Waals surface area (Å²) in [7, 11) is -2.13. The highest BCUT2D eigenvalue weighted by Crippen LogP contribution is 2.25. The molecule has 180 valence electrons. The molecule has 3 aromatic rings. The van der Waals surface area contributed by atoms with Crippen molar-refractivity contribution in [3.8, 4) is 17.2 Å². The van der Waals surface area contributed by atoms with Crippen LogP contribution in [0, 0.1) is 0 Å². The third-order valence-electron chi connectivity index (χ3n) is 4.81. The van der Waals surface area contributed by atoms with Gasteiger partial charge in [0.05, 0.1) is 25.6 Å². The normalized spacial score (nSPS) is 10.9. The molecule has 0 saturated heterocycles. The van der Waals surface area contributed by atoms with Crippen molar-refractivity contribution >= 4 is 21.6 Å². The van der Waals surface area contributed by atoms with Crippen LogP contribution in [0.2, 0.25) is 0 Å². The number of sulfonamides is 1. The third kappa shape index (κ3) is 7.41. The number of hydrogen-bond donors (Lipinski definition) is 1. The zero-order valence-corrected chi connectivity index (χ0v) is 20.0. The summed E-state index contributed by atoms with van der Waals surface area (Å²) in [6.45, 7) is 0.464. The van der Waals surface area contributed by atoms with Crippen LogP contribution in [0.25, 0.3) is 0 Å². The minimum Gasteiger partial charge on any atom is -0.493 e. The molecule has 0 saturated carbocycles. The van der Waals surface area contributed by atoms with Crippen molar-refractivity contribution in [2.45, 2.75) is 6.61 Å². The van der Waals surface area contributed by atoms with E-state index in [4.69, 9.17) is 14.2 Å². The second-order valence-electron chi connectivity index (χ2n) is 7.39. The number of benzene rings is 3. The Balaban J connectivity index is 1.53. The third-order valence-corrected chi connectivity index (χ3v) is 5.95. The van der Waals surface area contributed by atoms with Crippen molar-refractivity contribution in [2.75, 3.05) is 37.4 Å². The minimum absolute atomic E-state index is 0.207. The van der Waals surface area contributed by atoms with E-state index in [2.05, 4.69) is 5.32 Å². The van der Waals surface area contributed by atoms with E-state index in [9.17, 15) is 13.2 Å². The molecule has 8 nitrogen and oxygen atoms in total. The van der Waals surface area contributed by atoms with Gasteiger partial charge in [0, 0.05) is 0 Å². The summed E-state index contributed by atoms with van der Waals surface area (Å²) in [6, 6.07) is 23.5. The van der Waals surface area contributed by atoms with E-state index in [1.807, 2.05) is 42.5 Å². The maximum Gasteiger partial charge on any atom is 0.240 e. The highest BCUT2D eigenvalue weighted by atomic mass is 32.2. The van der Waals surface area contributed by atoms with E-state index >= 15 is 0 Å². The lowest BCUT2D eigenvalue weighted by molar-refractivity contribution is -0.119. The number of amides is 1. The molecular weight excluding hydrogens is 456 g/mol. The van der Waals surface area contributed by atoms with E-state index in [0.29, 0.717) is 29.5 Å². The molecule has 0 atom stereocenters. The number of nitrogens with zero attached hydrogens (tertiary/aromatic N) is 1. The molecule has 0 bridgehead atoms. The first-order chi connectivity index (χ1) is 16.4. The zero-order valence-electron chi connectivity index (χ0n) is 19.1. The Morgan fingerprint density at radius 3 is 2.18 bits per heavy atom. The molecule has 3 aromatic carbocycles. The topological polar surface area (TPSA) is 94.2 Å². The van der Waals surface area contributed by atoms with E-state index in [1.54, 1.807) is 43.5 Å². The van der Waals surface area contributed by atoms with Gasteiger partial charge in [-0.2, -0.15) is 0 Å². The number of carbonyl (C=O) groups is 1. The van der Waals surface area contributed by atoms with Gasteiger partial charge in [0.15, 0.2) is 11.5 Å². The molecule has 3 rings (SSSR count). The first-order valence-electron chi connectivity index (χ1n) is 10.6. The lowest BCUT2D eigenvalue weighted by atomic mass is 10.2. The second-order valence-corrected chi connectivity index (χ2v) is 9.29. The summed E-state index contributed by atoms with van der Waals surface area (Å²) in [5, 5.41) is 2.68. The van der Waals surface area contributed by atoms with Gasteiger partial charge in [-0.25, -0.2) is 8.42 Å². The lowest BCUT2D eigenvalue weighted by Crippen LogP contribution is -2.41. The number of carbonyl (C=O) groups excluding carboxylic acids is 1. The van der Waals surface area contributed by atoms with Crippen LogP contribution in [0.5, 0.6) is 17.2 Å². The van der Waals surface area contributed by atoms with Crippen LogP contribution in [-0.4, -0.2) is 47.4 Å². The Morgan fingerprint density at radius 2 is 1.53 bits per heavy atom. The van der Waals surface area contributed by atoms with Gasteiger partial charge >= 0.3 is 0 Å². The number of methoxy groups -OCH3 is 1. The molecule has 34 heavy (non-hydrogen) atoms. The van der Waals surface area contributed by atoms with E-state index in [-0.39, 0.29) is 19.7 Å². The summed E-state index contributed by atoms with van der Waals surface area (Å²) < 4.78 is 42.3. The molecule has 0 aliphatic heterocycles. The van der Waals surface area contributed by atoms with Gasteiger partial charge in [-0.1, -0.05) is 42.5 Å². The van der Waals surface area contributed by atoms with Gasteiger partial charge in [0.2, 0.25) is 15.9 Å². The first-order valence-corrected chi connectivity index (χ1v) is 12.5. The molecule has 0 unspecified atom stereocenters. The van der Waals surface area contributed by atoms with Crippen LogP contribution in [-0.2, 0) is 21.4 Å². The van der Waals surface area contributed by atoms with E-state index in [0.717, 1.165) is 16.1 Å². The second kappa shape index (κ2) is 11.9. The highest BCUT2D eigenvalue weighted by molar-refractivity contribution is 7.92. The van der Waals surface area contributed by atoms with Crippen molar-refractivity contribution in [3.05, 3.63) is 84.4 Å². The van der Waals surface area contributed by atoms with Gasteiger partial charge in [-0.05, 0) is 42.0 Å². The lowest BCUT2D eigenvalue weighted by Gasteiger charge is -2.22. The van der Waals surface area contributed by atoms with Crippen molar-refractivity contribution in [3.63, 3.8) is 0 Å². The molecule has 0 spiro atoms. The molecule has 0 heterocycles. The smallest absolute Gasteiger partial charge is 0.240 e. The molecule has 0 aromatic heterocycles. The highest BCUT2D eigenvalue weighted by Gasteiger charge is 2.20. The van der Waals surface area contributed by atoms with Crippen molar-refractivity contribution in [1.29, 1.82) is 0 Å². The van der Waals surface area contributed by atoms with Crippen LogP contribution in [0.4, 0.5) is 5.69 Å².